The lowest BCUT2D eigenvalue weighted by Gasteiger charge is -2.10. The molecule has 0 aromatic heterocycles. The number of rotatable bonds is 7. The summed E-state index contributed by atoms with van der Waals surface area (Å²) >= 11 is 0. The van der Waals surface area contributed by atoms with Gasteiger partial charge in [-0.15, -0.1) is 12.4 Å². The third-order valence-corrected chi connectivity index (χ3v) is 4.85. The van der Waals surface area contributed by atoms with Crippen molar-refractivity contribution in [3.63, 3.8) is 0 Å². The molecule has 0 saturated carbocycles. The highest BCUT2D eigenvalue weighted by Crippen LogP contribution is 2.10. The van der Waals surface area contributed by atoms with Gasteiger partial charge in [-0.1, -0.05) is 13.8 Å². The minimum absolute atomic E-state index is 0. The predicted molar refractivity (Wildman–Crippen MR) is 79.3 cm³/mol. The summed E-state index contributed by atoms with van der Waals surface area (Å²) in [7, 11) is -3.25. The van der Waals surface area contributed by atoms with Crippen molar-refractivity contribution >= 4 is 28.2 Å². The largest absolute Gasteiger partial charge is 0.355 e. The molecule has 0 bridgehead atoms. The molecular weight excluding hydrogens is 288 g/mol. The lowest BCUT2D eigenvalue weighted by molar-refractivity contribution is -0.118. The van der Waals surface area contributed by atoms with Crippen LogP contribution in [0.4, 0.5) is 0 Å². The number of carbonyl (C=O) groups is 1. The van der Waals surface area contributed by atoms with Gasteiger partial charge in [-0.25, -0.2) is 8.42 Å². The zero-order valence-corrected chi connectivity index (χ0v) is 13.3. The van der Waals surface area contributed by atoms with Gasteiger partial charge < -0.3 is 10.6 Å². The molecule has 1 aliphatic rings. The van der Waals surface area contributed by atoms with Crippen LogP contribution >= 0.6 is 12.4 Å². The fraction of sp³-hybridized carbons (Fsp3) is 0.917. The Morgan fingerprint density at radius 2 is 2.11 bits per heavy atom. The molecule has 1 aliphatic heterocycles. The van der Waals surface area contributed by atoms with Crippen molar-refractivity contribution in [1.82, 2.24) is 10.6 Å². The predicted octanol–water partition coefficient (Wildman–Crippen LogP) is 0.595. The first-order valence-corrected chi connectivity index (χ1v) is 8.39. The first kappa shape index (κ1) is 18.7. The van der Waals surface area contributed by atoms with Gasteiger partial charge in [-0.05, 0) is 37.8 Å². The second kappa shape index (κ2) is 8.76. The van der Waals surface area contributed by atoms with E-state index < -0.39 is 9.84 Å². The highest BCUT2D eigenvalue weighted by atomic mass is 35.5. The van der Waals surface area contributed by atoms with E-state index in [-0.39, 0.29) is 35.7 Å². The van der Waals surface area contributed by atoms with Gasteiger partial charge in [0.15, 0.2) is 9.84 Å². The molecule has 1 unspecified atom stereocenters. The SMILES string of the molecule is CC(C)CS(=O)(=O)CC(=O)NCCC1CCNC1.Cl. The third-order valence-electron chi connectivity index (χ3n) is 2.98. The van der Waals surface area contributed by atoms with Crippen molar-refractivity contribution in [2.45, 2.75) is 26.7 Å². The van der Waals surface area contributed by atoms with Gasteiger partial charge in [0.1, 0.15) is 5.75 Å². The number of sulfone groups is 1. The van der Waals surface area contributed by atoms with Crippen molar-refractivity contribution in [2.75, 3.05) is 31.1 Å². The van der Waals surface area contributed by atoms with Gasteiger partial charge in [0.25, 0.3) is 0 Å². The fourth-order valence-electron chi connectivity index (χ4n) is 2.19. The van der Waals surface area contributed by atoms with Crippen LogP contribution in [0, 0.1) is 11.8 Å². The number of halogens is 1. The summed E-state index contributed by atoms with van der Waals surface area (Å²) in [6.07, 6.45) is 2.06. The normalized spacial score (nSPS) is 19.2. The third kappa shape index (κ3) is 8.44. The topological polar surface area (TPSA) is 75.3 Å². The monoisotopic (exact) mass is 312 g/mol. The van der Waals surface area contributed by atoms with Crippen molar-refractivity contribution in [3.8, 4) is 0 Å². The van der Waals surface area contributed by atoms with Gasteiger partial charge in [-0.3, -0.25) is 4.79 Å². The first-order chi connectivity index (χ1) is 8.39. The van der Waals surface area contributed by atoms with Crippen LogP contribution in [0.3, 0.4) is 0 Å². The standard InChI is InChI=1S/C12H24N2O3S.ClH/c1-10(2)8-18(16,17)9-12(15)14-6-4-11-3-5-13-7-11;/h10-11,13H,3-9H2,1-2H3,(H,14,15);1H. The Kier molecular flexibility index (Phi) is 8.61. The summed E-state index contributed by atoms with van der Waals surface area (Å²) in [5.41, 5.74) is 0. The average Bonchev–Trinajstić information content (AvgIpc) is 2.66. The fourth-order valence-corrected chi connectivity index (χ4v) is 3.83. The Morgan fingerprint density at radius 3 is 2.63 bits per heavy atom. The van der Waals surface area contributed by atoms with Crippen LogP contribution in [0.1, 0.15) is 26.7 Å². The molecule has 1 saturated heterocycles. The van der Waals surface area contributed by atoms with Crippen LogP contribution in [0.2, 0.25) is 0 Å². The summed E-state index contributed by atoms with van der Waals surface area (Å²) in [5.74, 6) is -0.00678. The minimum atomic E-state index is -3.25. The maximum atomic E-state index is 11.6. The highest BCUT2D eigenvalue weighted by molar-refractivity contribution is 7.92. The van der Waals surface area contributed by atoms with E-state index >= 15 is 0 Å². The van der Waals surface area contributed by atoms with E-state index in [0.29, 0.717) is 12.5 Å². The minimum Gasteiger partial charge on any atom is -0.355 e. The molecule has 0 aromatic carbocycles. The van der Waals surface area contributed by atoms with Crippen LogP contribution < -0.4 is 10.6 Å². The van der Waals surface area contributed by atoms with E-state index in [4.69, 9.17) is 0 Å². The molecule has 0 aliphatic carbocycles. The zero-order chi connectivity index (χ0) is 13.6. The number of amides is 1. The smallest absolute Gasteiger partial charge is 0.235 e. The summed E-state index contributed by atoms with van der Waals surface area (Å²) in [4.78, 5) is 11.5. The maximum absolute atomic E-state index is 11.6. The quantitative estimate of drug-likeness (QED) is 0.721. The molecule has 0 aromatic rings. The molecule has 1 rings (SSSR count). The maximum Gasteiger partial charge on any atom is 0.235 e. The first-order valence-electron chi connectivity index (χ1n) is 6.57. The van der Waals surface area contributed by atoms with Crippen molar-refractivity contribution in [3.05, 3.63) is 0 Å². The van der Waals surface area contributed by atoms with Gasteiger partial charge in [-0.2, -0.15) is 0 Å². The Hall–Kier alpha value is -0.330. The Balaban J connectivity index is 0.00000324. The molecule has 1 fully saturated rings. The number of hydrogen-bond donors (Lipinski definition) is 2. The average molecular weight is 313 g/mol. The van der Waals surface area contributed by atoms with Gasteiger partial charge in [0.05, 0.1) is 5.75 Å². The number of carbonyl (C=O) groups excluding carboxylic acids is 1. The van der Waals surface area contributed by atoms with E-state index in [1.54, 1.807) is 0 Å². The van der Waals surface area contributed by atoms with Crippen molar-refractivity contribution < 1.29 is 13.2 Å². The lowest BCUT2D eigenvalue weighted by Crippen LogP contribution is -2.33. The second-order valence-electron chi connectivity index (χ2n) is 5.45. The van der Waals surface area contributed by atoms with Crippen LogP contribution in [-0.2, 0) is 14.6 Å². The molecule has 2 N–H and O–H groups in total. The lowest BCUT2D eigenvalue weighted by atomic mass is 10.1. The molecule has 7 heteroatoms. The van der Waals surface area contributed by atoms with E-state index in [1.807, 2.05) is 13.8 Å². The van der Waals surface area contributed by atoms with E-state index in [1.165, 1.54) is 0 Å². The van der Waals surface area contributed by atoms with Crippen molar-refractivity contribution in [1.29, 1.82) is 0 Å². The van der Waals surface area contributed by atoms with Gasteiger partial charge >= 0.3 is 0 Å². The molecule has 0 radical (unpaired) electrons. The molecule has 0 spiro atoms. The van der Waals surface area contributed by atoms with Gasteiger partial charge in [0.2, 0.25) is 5.91 Å². The Bertz CT molecular complexity index is 365. The zero-order valence-electron chi connectivity index (χ0n) is 11.6. The van der Waals surface area contributed by atoms with E-state index in [9.17, 15) is 13.2 Å². The van der Waals surface area contributed by atoms with Crippen LogP contribution in [0.15, 0.2) is 0 Å². The van der Waals surface area contributed by atoms with Crippen LogP contribution in [0.25, 0.3) is 0 Å². The van der Waals surface area contributed by atoms with E-state index in [2.05, 4.69) is 10.6 Å². The molecule has 1 atom stereocenters. The molecule has 1 amide bonds. The summed E-state index contributed by atoms with van der Waals surface area (Å²) < 4.78 is 23.2. The number of hydrogen-bond acceptors (Lipinski definition) is 4. The van der Waals surface area contributed by atoms with Crippen molar-refractivity contribution in [2.24, 2.45) is 11.8 Å². The summed E-state index contributed by atoms with van der Waals surface area (Å²) in [6, 6.07) is 0. The van der Waals surface area contributed by atoms with Gasteiger partial charge in [0, 0.05) is 6.54 Å². The molecule has 19 heavy (non-hydrogen) atoms. The van der Waals surface area contributed by atoms with Crippen LogP contribution in [0.5, 0.6) is 0 Å². The Morgan fingerprint density at radius 1 is 1.42 bits per heavy atom. The molecule has 1 heterocycles. The number of nitrogens with one attached hydrogen (secondary N) is 2. The molecule has 5 nitrogen and oxygen atoms in total. The molecule has 114 valence electrons. The highest BCUT2D eigenvalue weighted by Gasteiger charge is 2.19. The summed E-state index contributed by atoms with van der Waals surface area (Å²) in [6.45, 7) is 6.29. The Labute approximate surface area is 122 Å². The summed E-state index contributed by atoms with van der Waals surface area (Å²) in [5, 5.41) is 5.95. The van der Waals surface area contributed by atoms with E-state index in [0.717, 1.165) is 25.9 Å². The molecular formula is C12H25ClN2O3S. The van der Waals surface area contributed by atoms with Crippen LogP contribution in [-0.4, -0.2) is 45.5 Å². The second-order valence-corrected chi connectivity index (χ2v) is 7.56.